The van der Waals surface area contributed by atoms with Crippen LogP contribution in [0.1, 0.15) is 45.1 Å². The molecule has 24 heavy (non-hydrogen) atoms. The van der Waals surface area contributed by atoms with Gasteiger partial charge in [0.2, 0.25) is 0 Å². The minimum Gasteiger partial charge on any atom is -0.270 e. The van der Waals surface area contributed by atoms with Gasteiger partial charge in [-0.25, -0.2) is 4.39 Å². The van der Waals surface area contributed by atoms with Crippen molar-refractivity contribution in [3.05, 3.63) is 59.4 Å². The van der Waals surface area contributed by atoms with Crippen LogP contribution in [0.5, 0.6) is 0 Å². The van der Waals surface area contributed by atoms with Gasteiger partial charge in [-0.1, -0.05) is 44.2 Å². The number of rotatable bonds is 4. The lowest BCUT2D eigenvalue weighted by atomic mass is 9.85. The average molecular weight is 325 g/mol. The molecule has 1 aromatic rings. The summed E-state index contributed by atoms with van der Waals surface area (Å²) in [6, 6.07) is 6.68. The molecule has 1 aromatic carbocycles. The van der Waals surface area contributed by atoms with Crippen LogP contribution in [0.3, 0.4) is 0 Å². The second-order valence-electron chi connectivity index (χ2n) is 6.98. The van der Waals surface area contributed by atoms with Crippen molar-refractivity contribution in [1.29, 1.82) is 0 Å². The number of hydrogen-bond donors (Lipinski definition) is 1. The second-order valence-corrected chi connectivity index (χ2v) is 6.98. The van der Waals surface area contributed by atoms with E-state index in [2.05, 4.69) is 42.6 Å². The smallest absolute Gasteiger partial charge is 0.123 e. The molecular weight excluding hydrogens is 301 g/mol. The van der Waals surface area contributed by atoms with Crippen molar-refractivity contribution >= 4 is 11.5 Å². The normalized spacial score (nSPS) is 19.7. The molecule has 1 aliphatic carbocycles. The van der Waals surface area contributed by atoms with E-state index in [1.807, 2.05) is 12.1 Å². The zero-order chi connectivity index (χ0) is 17.0. The minimum absolute atomic E-state index is 0.136. The van der Waals surface area contributed by atoms with Gasteiger partial charge in [-0.15, -0.1) is 0 Å². The van der Waals surface area contributed by atoms with Crippen LogP contribution in [-0.4, -0.2) is 18.1 Å². The molecule has 1 heterocycles. The Hall–Kier alpha value is -2.23. The van der Waals surface area contributed by atoms with Crippen LogP contribution in [0, 0.1) is 5.82 Å². The Kier molecular flexibility index (Phi) is 4.93. The van der Waals surface area contributed by atoms with Crippen LogP contribution in [0.15, 0.2) is 58.2 Å². The van der Waals surface area contributed by atoms with Gasteiger partial charge in [0.1, 0.15) is 11.7 Å². The number of halogens is 1. The summed E-state index contributed by atoms with van der Waals surface area (Å²) >= 11 is 0. The van der Waals surface area contributed by atoms with Gasteiger partial charge in [0.05, 0.1) is 12.3 Å². The fourth-order valence-electron chi connectivity index (χ4n) is 2.96. The monoisotopic (exact) mass is 325 g/mol. The predicted molar refractivity (Wildman–Crippen MR) is 98.0 cm³/mol. The molecule has 4 heteroatoms. The maximum atomic E-state index is 13.1. The first-order valence-corrected chi connectivity index (χ1v) is 8.53. The van der Waals surface area contributed by atoms with Gasteiger partial charge in [-0.2, -0.15) is 5.10 Å². The lowest BCUT2D eigenvalue weighted by Crippen LogP contribution is -2.29. The zero-order valence-electron chi connectivity index (χ0n) is 14.3. The summed E-state index contributed by atoms with van der Waals surface area (Å²) in [5.74, 6) is 0.726. The number of hydrazone groups is 1. The molecule has 0 amide bonds. The first kappa shape index (κ1) is 16.6. The molecule has 0 saturated heterocycles. The second kappa shape index (κ2) is 7.12. The molecule has 126 valence electrons. The standard InChI is InChI=1S/C20H24FN3/c1-20(2,16-8-10-17(21)11-9-16)14-22-19-13-12-18(23-24-19)15-6-4-3-5-7-15/h3-4,6,8-11H,5,7,12-14H2,1-2H3,(H,22,24). The molecule has 0 atom stereocenters. The van der Waals surface area contributed by atoms with Crippen molar-refractivity contribution in [2.24, 2.45) is 10.1 Å². The van der Waals surface area contributed by atoms with E-state index in [1.54, 1.807) is 0 Å². The van der Waals surface area contributed by atoms with E-state index in [-0.39, 0.29) is 11.2 Å². The molecule has 0 radical (unpaired) electrons. The minimum atomic E-state index is -0.205. The number of aliphatic imine (C=N–C) groups is 1. The van der Waals surface area contributed by atoms with E-state index < -0.39 is 0 Å². The Balaban J connectivity index is 1.63. The summed E-state index contributed by atoms with van der Waals surface area (Å²) in [4.78, 5) is 4.70. The van der Waals surface area contributed by atoms with Gasteiger partial charge in [0.15, 0.2) is 0 Å². The highest BCUT2D eigenvalue weighted by atomic mass is 19.1. The topological polar surface area (TPSA) is 36.8 Å². The molecule has 0 unspecified atom stereocenters. The maximum Gasteiger partial charge on any atom is 0.123 e. The van der Waals surface area contributed by atoms with Crippen LogP contribution in [0.2, 0.25) is 0 Å². The van der Waals surface area contributed by atoms with E-state index in [4.69, 9.17) is 4.99 Å². The van der Waals surface area contributed by atoms with Crippen LogP contribution < -0.4 is 5.43 Å². The lowest BCUT2D eigenvalue weighted by molar-refractivity contribution is 0.535. The zero-order valence-corrected chi connectivity index (χ0v) is 14.3. The maximum absolute atomic E-state index is 13.1. The molecule has 0 spiro atoms. The number of hydrogen-bond acceptors (Lipinski definition) is 2. The molecule has 2 aliphatic rings. The molecule has 3 nitrogen and oxygen atoms in total. The number of nitrogens with one attached hydrogen (secondary N) is 1. The van der Waals surface area contributed by atoms with E-state index in [9.17, 15) is 4.39 Å². The molecular formula is C20H24FN3. The highest BCUT2D eigenvalue weighted by Gasteiger charge is 2.21. The first-order valence-electron chi connectivity index (χ1n) is 8.53. The predicted octanol–water partition coefficient (Wildman–Crippen LogP) is 4.52. The van der Waals surface area contributed by atoms with Gasteiger partial charge in [-0.05, 0) is 42.5 Å². The van der Waals surface area contributed by atoms with Gasteiger partial charge < -0.3 is 0 Å². The van der Waals surface area contributed by atoms with Crippen molar-refractivity contribution in [3.8, 4) is 0 Å². The van der Waals surface area contributed by atoms with Gasteiger partial charge >= 0.3 is 0 Å². The third kappa shape index (κ3) is 3.99. The van der Waals surface area contributed by atoms with Crippen molar-refractivity contribution < 1.29 is 4.39 Å². The summed E-state index contributed by atoms with van der Waals surface area (Å²) in [5.41, 5.74) is 6.55. The Morgan fingerprint density at radius 3 is 2.58 bits per heavy atom. The third-order valence-electron chi connectivity index (χ3n) is 4.59. The van der Waals surface area contributed by atoms with Crippen molar-refractivity contribution in [1.82, 2.24) is 5.43 Å². The third-order valence-corrected chi connectivity index (χ3v) is 4.59. The van der Waals surface area contributed by atoms with E-state index in [0.717, 1.165) is 42.8 Å². The summed E-state index contributed by atoms with van der Waals surface area (Å²) in [7, 11) is 0. The van der Waals surface area contributed by atoms with Crippen LogP contribution in [-0.2, 0) is 5.41 Å². The Morgan fingerprint density at radius 1 is 1.17 bits per heavy atom. The quantitative estimate of drug-likeness (QED) is 0.868. The summed E-state index contributed by atoms with van der Waals surface area (Å²) in [6.45, 7) is 4.90. The Morgan fingerprint density at radius 2 is 1.96 bits per heavy atom. The number of allylic oxidation sites excluding steroid dienone is 4. The highest BCUT2D eigenvalue weighted by Crippen LogP contribution is 2.24. The Bertz CT molecular complexity index is 709. The molecule has 0 fully saturated rings. The highest BCUT2D eigenvalue weighted by molar-refractivity contribution is 6.04. The van der Waals surface area contributed by atoms with Gasteiger partial charge in [0, 0.05) is 11.8 Å². The number of nitrogens with zero attached hydrogens (tertiary/aromatic N) is 2. The molecule has 0 aromatic heterocycles. The number of benzene rings is 1. The van der Waals surface area contributed by atoms with Gasteiger partial charge in [-0.3, -0.25) is 10.4 Å². The first-order chi connectivity index (χ1) is 11.5. The summed E-state index contributed by atoms with van der Waals surface area (Å²) < 4.78 is 13.1. The van der Waals surface area contributed by atoms with E-state index in [0.29, 0.717) is 6.54 Å². The largest absolute Gasteiger partial charge is 0.270 e. The average Bonchev–Trinajstić information content (AvgIpc) is 2.62. The SMILES string of the molecule is CC(C)(CN=C1CCC(C2=CC=CCC2)=NN1)c1ccc(F)cc1. The summed E-state index contributed by atoms with van der Waals surface area (Å²) in [5, 5.41) is 4.50. The molecule has 0 saturated carbocycles. The number of amidine groups is 1. The van der Waals surface area contributed by atoms with Crippen molar-refractivity contribution in [2.75, 3.05) is 6.54 Å². The summed E-state index contributed by atoms with van der Waals surface area (Å²) in [6.07, 6.45) is 10.4. The molecule has 1 aliphatic heterocycles. The van der Waals surface area contributed by atoms with Crippen LogP contribution in [0.25, 0.3) is 0 Å². The van der Waals surface area contributed by atoms with Crippen LogP contribution in [0.4, 0.5) is 4.39 Å². The fraction of sp³-hybridized carbons (Fsp3) is 0.400. The van der Waals surface area contributed by atoms with E-state index >= 15 is 0 Å². The fourth-order valence-corrected chi connectivity index (χ4v) is 2.96. The lowest BCUT2D eigenvalue weighted by Gasteiger charge is -2.24. The van der Waals surface area contributed by atoms with Crippen molar-refractivity contribution in [2.45, 2.75) is 44.9 Å². The van der Waals surface area contributed by atoms with Crippen molar-refractivity contribution in [3.63, 3.8) is 0 Å². The van der Waals surface area contributed by atoms with Gasteiger partial charge in [0.25, 0.3) is 0 Å². The Labute approximate surface area is 143 Å². The van der Waals surface area contributed by atoms with Crippen LogP contribution >= 0.6 is 0 Å². The van der Waals surface area contributed by atoms with E-state index in [1.165, 1.54) is 17.7 Å². The molecule has 0 bridgehead atoms. The molecule has 1 N–H and O–H groups in total. The molecule has 3 rings (SSSR count).